The summed E-state index contributed by atoms with van der Waals surface area (Å²) in [5.41, 5.74) is 13.3. The number of aromatic nitrogens is 2. The van der Waals surface area contributed by atoms with Gasteiger partial charge in [-0.15, -0.1) is 10.2 Å². The topological polar surface area (TPSA) is 32.0 Å². The van der Waals surface area contributed by atoms with Crippen molar-refractivity contribution in [3.8, 4) is 0 Å². The first-order valence-corrected chi connectivity index (χ1v) is 22.6. The summed E-state index contributed by atoms with van der Waals surface area (Å²) in [5.74, 6) is 0.865. The molecule has 1 aliphatic carbocycles. The van der Waals surface area contributed by atoms with Crippen LogP contribution in [-0.2, 0) is 16.6 Å². The summed E-state index contributed by atoms with van der Waals surface area (Å²) in [6, 6.07) is 26.5. The van der Waals surface area contributed by atoms with Crippen molar-refractivity contribution in [1.29, 1.82) is 0 Å². The van der Waals surface area contributed by atoms with Crippen molar-refractivity contribution in [2.45, 2.75) is 105 Å². The van der Waals surface area contributed by atoms with E-state index in [2.05, 4.69) is 160 Å². The van der Waals surface area contributed by atoms with Gasteiger partial charge < -0.3 is 4.90 Å². The zero-order valence-electron chi connectivity index (χ0n) is 33.4. The molecule has 4 nitrogen and oxygen atoms in total. The quantitative estimate of drug-likeness (QED) is 0.0885. The Morgan fingerprint density at radius 3 is 2.31 bits per heavy atom. The van der Waals surface area contributed by atoms with Crippen LogP contribution in [0.4, 0.5) is 11.4 Å². The fourth-order valence-electron chi connectivity index (χ4n) is 8.19. The largest absolute Gasteiger partial charge is 0.344 e. The third kappa shape index (κ3) is 8.17. The van der Waals surface area contributed by atoms with Gasteiger partial charge in [-0.3, -0.25) is 0 Å². The average molecular weight is 784 g/mol. The number of para-hydroxylation sites is 2. The van der Waals surface area contributed by atoms with Crippen LogP contribution in [-0.4, -0.2) is 33.6 Å². The monoisotopic (exact) mass is 783 g/mol. The zero-order valence-corrected chi connectivity index (χ0v) is 35.8. The molecule has 0 bridgehead atoms. The Kier molecular flexibility index (Phi) is 12.2. The van der Waals surface area contributed by atoms with E-state index in [1.807, 2.05) is 6.08 Å². The van der Waals surface area contributed by atoms with E-state index >= 15 is 0 Å². The number of hydrogen-bond acceptors (Lipinski definition) is 6. The van der Waals surface area contributed by atoms with E-state index in [4.69, 9.17) is 5.10 Å². The Morgan fingerprint density at radius 1 is 0.818 bits per heavy atom. The molecule has 3 aromatic carbocycles. The van der Waals surface area contributed by atoms with Crippen LogP contribution in [0.25, 0.3) is 6.08 Å². The highest BCUT2D eigenvalue weighted by molar-refractivity contribution is 8.05. The number of anilines is 1. The molecule has 0 radical (unpaired) electrons. The van der Waals surface area contributed by atoms with Crippen molar-refractivity contribution in [2.24, 2.45) is 0 Å². The van der Waals surface area contributed by atoms with E-state index in [1.165, 1.54) is 81.2 Å². The lowest BCUT2D eigenvalue weighted by atomic mass is 9.81. The Labute approximate surface area is 342 Å². The molecular weight excluding hydrogens is 729 g/mol. The van der Waals surface area contributed by atoms with Crippen molar-refractivity contribution < 1.29 is 4.58 Å². The highest BCUT2D eigenvalue weighted by Crippen LogP contribution is 2.49. The summed E-state index contributed by atoms with van der Waals surface area (Å²) in [6.07, 6.45) is 18.3. The average Bonchev–Trinajstić information content (AvgIpc) is 3.92. The molecule has 0 fully saturated rings. The fraction of sp³-hybridized carbons (Fsp3) is 0.354. The lowest BCUT2D eigenvalue weighted by molar-refractivity contribution is -0.438. The Balaban J connectivity index is 1.24. The second-order valence-corrected chi connectivity index (χ2v) is 19.2. The second kappa shape index (κ2) is 17.1. The van der Waals surface area contributed by atoms with Gasteiger partial charge in [0.2, 0.25) is 5.69 Å². The van der Waals surface area contributed by atoms with Crippen LogP contribution >= 0.6 is 34.9 Å². The van der Waals surface area contributed by atoms with Crippen LogP contribution in [0.2, 0.25) is 0 Å². The maximum Gasteiger partial charge on any atom is 0.209 e. The maximum atomic E-state index is 4.73. The number of nitrogens with zero attached hydrogens (tertiary/aromatic N) is 4. The van der Waals surface area contributed by atoms with Gasteiger partial charge in [-0.05, 0) is 73.1 Å². The minimum absolute atomic E-state index is 0.0707. The molecule has 0 N–H and O–H groups in total. The predicted molar refractivity (Wildman–Crippen MR) is 239 cm³/mol. The predicted octanol–water partition coefficient (Wildman–Crippen LogP) is 13.5. The van der Waals surface area contributed by atoms with E-state index in [-0.39, 0.29) is 10.8 Å². The lowest BCUT2D eigenvalue weighted by Crippen LogP contribution is -2.28. The minimum Gasteiger partial charge on any atom is -0.344 e. The molecule has 4 aromatic rings. The van der Waals surface area contributed by atoms with Gasteiger partial charge >= 0.3 is 0 Å². The number of unbranched alkanes of at least 4 members (excludes halogenated alkanes) is 2. The van der Waals surface area contributed by atoms with Crippen LogP contribution in [0.15, 0.2) is 134 Å². The molecule has 284 valence electrons. The van der Waals surface area contributed by atoms with Gasteiger partial charge in [-0.25, -0.2) is 0 Å². The molecule has 3 heterocycles. The molecule has 0 saturated heterocycles. The molecule has 55 heavy (non-hydrogen) atoms. The van der Waals surface area contributed by atoms with Crippen LogP contribution in [0, 0.1) is 0 Å². The minimum atomic E-state index is -0.0707. The van der Waals surface area contributed by atoms with Gasteiger partial charge in [0.15, 0.2) is 14.4 Å². The molecule has 0 saturated carbocycles. The highest BCUT2D eigenvalue weighted by atomic mass is 32.2. The molecule has 0 atom stereocenters. The molecular formula is C48H55N4S3+. The smallest absolute Gasteiger partial charge is 0.209 e. The van der Waals surface area contributed by atoms with E-state index in [0.29, 0.717) is 0 Å². The van der Waals surface area contributed by atoms with E-state index in [9.17, 15) is 0 Å². The van der Waals surface area contributed by atoms with Crippen LogP contribution in [0.1, 0.15) is 102 Å². The molecule has 3 aliphatic rings. The van der Waals surface area contributed by atoms with Crippen molar-refractivity contribution in [3.05, 3.63) is 148 Å². The van der Waals surface area contributed by atoms with Gasteiger partial charge in [0.1, 0.15) is 6.54 Å². The van der Waals surface area contributed by atoms with E-state index in [0.717, 1.165) is 45.9 Å². The maximum absolute atomic E-state index is 4.73. The number of allylic oxidation sites excluding steroid dienone is 7. The summed E-state index contributed by atoms with van der Waals surface area (Å²) in [4.78, 5) is 3.89. The van der Waals surface area contributed by atoms with E-state index in [1.54, 1.807) is 34.9 Å². The molecule has 0 amide bonds. The summed E-state index contributed by atoms with van der Waals surface area (Å²) in [5, 5.41) is 9.37. The standard InChI is InChI=1S/C48H55N4S3/c1-8-11-31-51-40-19-15-13-17-38(40)47(4,5)42(51)29-27-36-25-26-37(28-30-43-48(6,7)39-18-14-16-20-41(39)52(43)32-12-9-2)44(36)54-46-50-49-45(55-46)53-33-35-23-21-34(10-3)22-24-35/h10,13-24,27-30H,3,8-9,11-12,25-26,31-33H2,1-2,4-7H3/q+1. The molecule has 7 heteroatoms. The van der Waals surface area contributed by atoms with Gasteiger partial charge in [-0.2, -0.15) is 4.58 Å². The number of rotatable bonds is 15. The first-order chi connectivity index (χ1) is 26.6. The zero-order chi connectivity index (χ0) is 38.6. The molecule has 0 unspecified atom stereocenters. The fourth-order valence-corrected chi connectivity index (χ4v) is 11.4. The van der Waals surface area contributed by atoms with E-state index < -0.39 is 0 Å². The molecule has 0 spiro atoms. The van der Waals surface area contributed by atoms with Crippen molar-refractivity contribution in [1.82, 2.24) is 10.2 Å². The number of benzene rings is 3. The van der Waals surface area contributed by atoms with Crippen molar-refractivity contribution in [3.63, 3.8) is 0 Å². The molecule has 1 aromatic heterocycles. The third-order valence-electron chi connectivity index (χ3n) is 11.4. The van der Waals surface area contributed by atoms with Gasteiger partial charge in [-0.1, -0.05) is 161 Å². The Bertz CT molecular complexity index is 2200. The van der Waals surface area contributed by atoms with Gasteiger partial charge in [0.25, 0.3) is 0 Å². The van der Waals surface area contributed by atoms with Crippen LogP contribution < -0.4 is 4.90 Å². The van der Waals surface area contributed by atoms with Crippen molar-refractivity contribution in [2.75, 3.05) is 18.0 Å². The second-order valence-electron chi connectivity index (χ2n) is 15.8. The highest BCUT2D eigenvalue weighted by Gasteiger charge is 2.44. The molecule has 7 rings (SSSR count). The van der Waals surface area contributed by atoms with Crippen LogP contribution in [0.5, 0.6) is 0 Å². The normalized spacial score (nSPS) is 18.7. The Hall–Kier alpha value is -3.91. The SMILES string of the molecule is C=Cc1ccc(CSc2nnc(SC3=C(/C=C/C4=[N+](CCCC)c5ccccc5C4(C)C)CC/C3=C\C=C3\N(CCCC)c4ccccc4C3(C)C)s2)cc1. The van der Waals surface area contributed by atoms with Gasteiger partial charge in [0, 0.05) is 58.1 Å². The number of thioether (sulfide) groups is 2. The Morgan fingerprint density at radius 2 is 1.55 bits per heavy atom. The van der Waals surface area contributed by atoms with Crippen molar-refractivity contribution >= 4 is 58.0 Å². The number of hydrogen-bond donors (Lipinski definition) is 0. The lowest BCUT2D eigenvalue weighted by Gasteiger charge is -2.27. The summed E-state index contributed by atoms with van der Waals surface area (Å²) < 4.78 is 4.57. The summed E-state index contributed by atoms with van der Waals surface area (Å²) >= 11 is 5.26. The number of fused-ring (bicyclic) bond motifs is 2. The summed E-state index contributed by atoms with van der Waals surface area (Å²) in [7, 11) is 0. The third-order valence-corrected chi connectivity index (χ3v) is 14.8. The first kappa shape index (κ1) is 39.3. The van der Waals surface area contributed by atoms with Crippen LogP contribution in [0.3, 0.4) is 0 Å². The molecule has 2 aliphatic heterocycles. The van der Waals surface area contributed by atoms with Gasteiger partial charge in [0.05, 0.1) is 5.41 Å². The summed E-state index contributed by atoms with van der Waals surface area (Å²) in [6.45, 7) is 20.0. The first-order valence-electron chi connectivity index (χ1n) is 20.0.